The standard InChI is InChI=1S/C18H19N5O/c1-24-14-9-5-8-13(10-14)15-11-16(12-6-3-2-4-7-12)23-18(20-15)21-17(19)22-23/h2-10,15-16H,11H2,1H3,(H3,19,20,21,22)/t15-,16+/m1/s1. The lowest BCUT2D eigenvalue weighted by Crippen LogP contribution is -2.28. The van der Waals surface area contributed by atoms with Crippen LogP contribution >= 0.6 is 0 Å². The molecule has 0 saturated carbocycles. The number of ether oxygens (including phenoxy) is 1. The number of anilines is 2. The maximum Gasteiger partial charge on any atom is 0.241 e. The lowest BCUT2D eigenvalue weighted by molar-refractivity contribution is 0.410. The highest BCUT2D eigenvalue weighted by atomic mass is 16.5. The minimum atomic E-state index is 0.0865. The summed E-state index contributed by atoms with van der Waals surface area (Å²) in [6, 6.07) is 18.6. The molecule has 2 heterocycles. The van der Waals surface area contributed by atoms with Gasteiger partial charge in [-0.1, -0.05) is 42.5 Å². The van der Waals surface area contributed by atoms with Crippen molar-refractivity contribution in [3.63, 3.8) is 0 Å². The predicted octanol–water partition coefficient (Wildman–Crippen LogP) is 3.02. The second-order valence-electron chi connectivity index (χ2n) is 5.87. The zero-order valence-electron chi connectivity index (χ0n) is 13.4. The van der Waals surface area contributed by atoms with Gasteiger partial charge in [0.25, 0.3) is 0 Å². The van der Waals surface area contributed by atoms with Crippen LogP contribution in [0.2, 0.25) is 0 Å². The Hall–Kier alpha value is -3.02. The number of nitrogen functional groups attached to an aromatic ring is 1. The Labute approximate surface area is 140 Å². The van der Waals surface area contributed by atoms with Crippen LogP contribution in [0.3, 0.4) is 0 Å². The molecule has 4 rings (SSSR count). The Kier molecular flexibility index (Phi) is 3.57. The highest BCUT2D eigenvalue weighted by Gasteiger charge is 2.30. The van der Waals surface area contributed by atoms with Crippen molar-refractivity contribution in [1.29, 1.82) is 0 Å². The number of fused-ring (bicyclic) bond motifs is 1. The smallest absolute Gasteiger partial charge is 0.241 e. The van der Waals surface area contributed by atoms with Crippen LogP contribution < -0.4 is 15.8 Å². The van der Waals surface area contributed by atoms with Gasteiger partial charge in [0.2, 0.25) is 11.9 Å². The summed E-state index contributed by atoms with van der Waals surface area (Å²) < 4.78 is 7.23. The zero-order valence-corrected chi connectivity index (χ0v) is 13.4. The molecule has 1 aromatic heterocycles. The van der Waals surface area contributed by atoms with Gasteiger partial charge in [0.15, 0.2) is 0 Å². The average Bonchev–Trinajstić information content (AvgIpc) is 3.01. The Morgan fingerprint density at radius 3 is 2.71 bits per heavy atom. The Bertz CT molecular complexity index is 846. The summed E-state index contributed by atoms with van der Waals surface area (Å²) in [4.78, 5) is 4.33. The number of hydrogen-bond donors (Lipinski definition) is 2. The van der Waals surface area contributed by atoms with Gasteiger partial charge in [0.1, 0.15) is 5.75 Å². The predicted molar refractivity (Wildman–Crippen MR) is 93.0 cm³/mol. The van der Waals surface area contributed by atoms with Crippen molar-refractivity contribution in [3.05, 3.63) is 65.7 Å². The molecule has 0 saturated heterocycles. The van der Waals surface area contributed by atoms with E-state index in [1.165, 1.54) is 5.56 Å². The second-order valence-corrected chi connectivity index (χ2v) is 5.87. The quantitative estimate of drug-likeness (QED) is 0.775. The van der Waals surface area contributed by atoms with Gasteiger partial charge in [-0.25, -0.2) is 4.68 Å². The van der Waals surface area contributed by atoms with E-state index in [0.29, 0.717) is 5.95 Å². The number of nitrogens with one attached hydrogen (secondary N) is 1. The van der Waals surface area contributed by atoms with E-state index in [1.807, 2.05) is 35.0 Å². The van der Waals surface area contributed by atoms with Gasteiger partial charge in [0.05, 0.1) is 19.2 Å². The molecule has 122 valence electrons. The van der Waals surface area contributed by atoms with Crippen molar-refractivity contribution < 1.29 is 4.74 Å². The van der Waals surface area contributed by atoms with Crippen LogP contribution in [0.25, 0.3) is 0 Å². The highest BCUT2D eigenvalue weighted by molar-refractivity contribution is 5.43. The number of rotatable bonds is 3. The van der Waals surface area contributed by atoms with Crippen molar-refractivity contribution >= 4 is 11.9 Å². The van der Waals surface area contributed by atoms with Crippen LogP contribution in [0.5, 0.6) is 5.75 Å². The number of nitrogens with two attached hydrogens (primary N) is 1. The molecule has 0 fully saturated rings. The fourth-order valence-corrected chi connectivity index (χ4v) is 3.22. The molecule has 6 nitrogen and oxygen atoms in total. The summed E-state index contributed by atoms with van der Waals surface area (Å²) in [7, 11) is 1.68. The molecule has 1 aliphatic heterocycles. The van der Waals surface area contributed by atoms with E-state index in [0.717, 1.165) is 17.7 Å². The van der Waals surface area contributed by atoms with E-state index in [1.54, 1.807) is 7.11 Å². The van der Waals surface area contributed by atoms with E-state index in [4.69, 9.17) is 10.5 Å². The van der Waals surface area contributed by atoms with Gasteiger partial charge in [-0.3, -0.25) is 0 Å². The van der Waals surface area contributed by atoms with E-state index >= 15 is 0 Å². The molecule has 1 aliphatic rings. The largest absolute Gasteiger partial charge is 0.497 e. The number of benzene rings is 2. The topological polar surface area (TPSA) is 78.0 Å². The van der Waals surface area contributed by atoms with Gasteiger partial charge < -0.3 is 15.8 Å². The molecule has 0 spiro atoms. The lowest BCUT2D eigenvalue weighted by atomic mass is 9.93. The van der Waals surface area contributed by atoms with Gasteiger partial charge in [-0.2, -0.15) is 4.98 Å². The van der Waals surface area contributed by atoms with E-state index in [9.17, 15) is 0 Å². The molecular formula is C18H19N5O. The molecular weight excluding hydrogens is 302 g/mol. The van der Waals surface area contributed by atoms with Gasteiger partial charge >= 0.3 is 0 Å². The molecule has 0 amide bonds. The summed E-state index contributed by atoms with van der Waals surface area (Å²) in [6.45, 7) is 0. The Balaban J connectivity index is 1.75. The summed E-state index contributed by atoms with van der Waals surface area (Å²) in [5, 5.41) is 7.81. The van der Waals surface area contributed by atoms with Crippen molar-refractivity contribution in [1.82, 2.24) is 14.8 Å². The zero-order chi connectivity index (χ0) is 16.5. The first-order valence-corrected chi connectivity index (χ1v) is 7.92. The molecule has 3 aromatic rings. The maximum atomic E-state index is 5.83. The molecule has 24 heavy (non-hydrogen) atoms. The summed E-state index contributed by atoms with van der Waals surface area (Å²) in [6.07, 6.45) is 0.854. The van der Waals surface area contributed by atoms with E-state index < -0.39 is 0 Å². The van der Waals surface area contributed by atoms with Gasteiger partial charge in [-0.05, 0) is 29.7 Å². The fourth-order valence-electron chi connectivity index (χ4n) is 3.22. The number of hydrogen-bond acceptors (Lipinski definition) is 5. The van der Waals surface area contributed by atoms with Crippen LogP contribution in [0.1, 0.15) is 29.6 Å². The number of nitrogens with zero attached hydrogens (tertiary/aromatic N) is 3. The second kappa shape index (κ2) is 5.88. The first kappa shape index (κ1) is 14.6. The van der Waals surface area contributed by atoms with Crippen molar-refractivity contribution in [2.75, 3.05) is 18.2 Å². The van der Waals surface area contributed by atoms with Crippen molar-refractivity contribution in [2.45, 2.75) is 18.5 Å². The maximum absolute atomic E-state index is 5.83. The van der Waals surface area contributed by atoms with Crippen LogP contribution in [0.4, 0.5) is 11.9 Å². The third-order valence-corrected chi connectivity index (χ3v) is 4.39. The van der Waals surface area contributed by atoms with Crippen LogP contribution in [-0.4, -0.2) is 21.9 Å². The minimum Gasteiger partial charge on any atom is -0.497 e. The van der Waals surface area contributed by atoms with E-state index in [-0.39, 0.29) is 18.0 Å². The molecule has 2 atom stereocenters. The molecule has 6 heteroatoms. The Morgan fingerprint density at radius 2 is 1.92 bits per heavy atom. The van der Waals surface area contributed by atoms with Gasteiger partial charge in [0, 0.05) is 0 Å². The molecule has 2 aromatic carbocycles. The van der Waals surface area contributed by atoms with Crippen molar-refractivity contribution in [3.8, 4) is 5.75 Å². The molecule has 0 unspecified atom stereocenters. The fraction of sp³-hybridized carbons (Fsp3) is 0.222. The first-order valence-electron chi connectivity index (χ1n) is 7.92. The minimum absolute atomic E-state index is 0.0865. The highest BCUT2D eigenvalue weighted by Crippen LogP contribution is 2.38. The Morgan fingerprint density at radius 1 is 1.12 bits per heavy atom. The molecule has 3 N–H and O–H groups in total. The van der Waals surface area contributed by atoms with Crippen LogP contribution in [0, 0.1) is 0 Å². The molecule has 0 aliphatic carbocycles. The SMILES string of the molecule is COc1cccc([C@H]2C[C@@H](c3ccccc3)n3nc(N)nc3N2)c1. The summed E-state index contributed by atoms with van der Waals surface area (Å²) >= 11 is 0. The van der Waals surface area contributed by atoms with E-state index in [2.05, 4.69) is 39.7 Å². The average molecular weight is 321 g/mol. The third kappa shape index (κ3) is 2.56. The lowest BCUT2D eigenvalue weighted by Gasteiger charge is -2.31. The van der Waals surface area contributed by atoms with Crippen molar-refractivity contribution in [2.24, 2.45) is 0 Å². The summed E-state index contributed by atoms with van der Waals surface area (Å²) in [5.74, 6) is 1.82. The third-order valence-electron chi connectivity index (χ3n) is 4.39. The monoisotopic (exact) mass is 321 g/mol. The number of aromatic nitrogens is 3. The number of methoxy groups -OCH3 is 1. The molecule has 0 bridgehead atoms. The van der Waals surface area contributed by atoms with Crippen LogP contribution in [-0.2, 0) is 0 Å². The summed E-state index contributed by atoms with van der Waals surface area (Å²) in [5.41, 5.74) is 8.17. The van der Waals surface area contributed by atoms with Crippen LogP contribution in [0.15, 0.2) is 54.6 Å². The normalized spacial score (nSPS) is 19.4. The first-order chi connectivity index (χ1) is 11.7. The molecule has 0 radical (unpaired) electrons. The van der Waals surface area contributed by atoms with Gasteiger partial charge in [-0.15, -0.1) is 5.10 Å².